The lowest BCUT2D eigenvalue weighted by molar-refractivity contribution is -0.137. The Kier molecular flexibility index (Phi) is 4.52. The largest absolute Gasteiger partial charge is 0.417 e. The smallest absolute Gasteiger partial charge is 0.346 e. The summed E-state index contributed by atoms with van der Waals surface area (Å²) in [6, 6.07) is 1.77. The Hall–Kier alpha value is -1.30. The van der Waals surface area contributed by atoms with Crippen LogP contribution in [0, 0.1) is 0 Å². The second-order valence-corrected chi connectivity index (χ2v) is 5.37. The maximum Gasteiger partial charge on any atom is 0.417 e. The fraction of sp³-hybridized carbons (Fsp3) is 0.538. The monoisotopic (exact) mass is 306 g/mol. The minimum Gasteiger partial charge on any atom is -0.346 e. The van der Waals surface area contributed by atoms with Crippen LogP contribution in [0.2, 0.25) is 0 Å². The van der Waals surface area contributed by atoms with Gasteiger partial charge in [0.05, 0.1) is 10.9 Å². The highest BCUT2D eigenvalue weighted by molar-refractivity contribution is 6.21. The average Bonchev–Trinajstić information content (AvgIpc) is 2.40. The molecule has 2 unspecified atom stereocenters. The molecule has 7 heteroatoms. The first-order chi connectivity index (χ1) is 9.38. The number of aromatic nitrogens is 1. The molecule has 0 bridgehead atoms. The SMILES string of the molecule is O=C(NC1CCCCC1Cl)c1ccc(C(F)(F)F)cn1. The third-order valence-electron chi connectivity index (χ3n) is 3.32. The van der Waals surface area contributed by atoms with Crippen LogP contribution >= 0.6 is 11.6 Å². The second kappa shape index (κ2) is 5.99. The third kappa shape index (κ3) is 3.62. The summed E-state index contributed by atoms with van der Waals surface area (Å²) in [5.41, 5.74) is -0.908. The number of amides is 1. The molecule has 2 rings (SSSR count). The predicted molar refractivity (Wildman–Crippen MR) is 68.6 cm³/mol. The van der Waals surface area contributed by atoms with Gasteiger partial charge in [0.15, 0.2) is 0 Å². The van der Waals surface area contributed by atoms with Crippen molar-refractivity contribution in [1.29, 1.82) is 0 Å². The second-order valence-electron chi connectivity index (χ2n) is 4.81. The molecule has 3 nitrogen and oxygen atoms in total. The number of hydrogen-bond acceptors (Lipinski definition) is 2. The highest BCUT2D eigenvalue weighted by atomic mass is 35.5. The van der Waals surface area contributed by atoms with E-state index in [0.29, 0.717) is 6.20 Å². The molecule has 1 amide bonds. The normalized spacial score (nSPS) is 23.4. The molecule has 0 aliphatic heterocycles. The number of alkyl halides is 4. The van der Waals surface area contributed by atoms with Gasteiger partial charge in [-0.1, -0.05) is 12.8 Å². The molecule has 1 saturated carbocycles. The minimum atomic E-state index is -4.45. The lowest BCUT2D eigenvalue weighted by Gasteiger charge is -2.27. The van der Waals surface area contributed by atoms with Crippen LogP contribution in [-0.4, -0.2) is 22.3 Å². The van der Waals surface area contributed by atoms with E-state index in [1.165, 1.54) is 0 Å². The van der Waals surface area contributed by atoms with E-state index in [1.807, 2.05) is 0 Å². The Morgan fingerprint density at radius 2 is 2.00 bits per heavy atom. The number of rotatable bonds is 2. The molecule has 0 aromatic carbocycles. The van der Waals surface area contributed by atoms with E-state index in [9.17, 15) is 18.0 Å². The summed E-state index contributed by atoms with van der Waals surface area (Å²) in [7, 11) is 0. The summed E-state index contributed by atoms with van der Waals surface area (Å²) < 4.78 is 37.2. The number of nitrogens with zero attached hydrogens (tertiary/aromatic N) is 1. The molecule has 0 spiro atoms. The Labute approximate surface area is 119 Å². The van der Waals surface area contributed by atoms with Crippen LogP contribution in [0.15, 0.2) is 18.3 Å². The number of carbonyl (C=O) groups excluding carboxylic acids is 1. The number of nitrogens with one attached hydrogen (secondary N) is 1. The van der Waals surface area contributed by atoms with Crippen molar-refractivity contribution < 1.29 is 18.0 Å². The van der Waals surface area contributed by atoms with Gasteiger partial charge in [-0.3, -0.25) is 9.78 Å². The Bertz CT molecular complexity index is 475. The van der Waals surface area contributed by atoms with Crippen LogP contribution in [0.4, 0.5) is 13.2 Å². The lowest BCUT2D eigenvalue weighted by atomic mass is 9.95. The molecule has 1 fully saturated rings. The lowest BCUT2D eigenvalue weighted by Crippen LogP contribution is -2.43. The van der Waals surface area contributed by atoms with Gasteiger partial charge in [-0.25, -0.2) is 0 Å². The van der Waals surface area contributed by atoms with Gasteiger partial charge in [-0.2, -0.15) is 13.2 Å². The summed E-state index contributed by atoms with van der Waals surface area (Å²) >= 11 is 6.12. The molecular weight excluding hydrogens is 293 g/mol. The summed E-state index contributed by atoms with van der Waals surface area (Å²) in [5.74, 6) is -0.490. The molecule has 1 aliphatic carbocycles. The molecule has 1 N–H and O–H groups in total. The first-order valence-electron chi connectivity index (χ1n) is 6.36. The molecule has 20 heavy (non-hydrogen) atoms. The van der Waals surface area contributed by atoms with Gasteiger partial charge in [-0.05, 0) is 25.0 Å². The van der Waals surface area contributed by atoms with Gasteiger partial charge in [0.25, 0.3) is 5.91 Å². The van der Waals surface area contributed by atoms with E-state index in [-0.39, 0.29) is 17.1 Å². The van der Waals surface area contributed by atoms with E-state index in [1.54, 1.807) is 0 Å². The van der Waals surface area contributed by atoms with E-state index in [4.69, 9.17) is 11.6 Å². The standard InChI is InChI=1S/C13H14ClF3N2O/c14-9-3-1-2-4-10(9)19-12(20)11-6-5-8(7-18-11)13(15,16)17/h5-7,9-10H,1-4H2,(H,19,20). The fourth-order valence-corrected chi connectivity index (χ4v) is 2.53. The van der Waals surface area contributed by atoms with E-state index in [0.717, 1.165) is 37.8 Å². The van der Waals surface area contributed by atoms with E-state index >= 15 is 0 Å². The molecule has 0 radical (unpaired) electrons. The van der Waals surface area contributed by atoms with Gasteiger partial charge in [-0.15, -0.1) is 11.6 Å². The van der Waals surface area contributed by atoms with Gasteiger partial charge >= 0.3 is 6.18 Å². The highest BCUT2D eigenvalue weighted by Crippen LogP contribution is 2.28. The Morgan fingerprint density at radius 1 is 1.30 bits per heavy atom. The molecule has 2 atom stereocenters. The quantitative estimate of drug-likeness (QED) is 0.851. The zero-order chi connectivity index (χ0) is 14.8. The Balaban J connectivity index is 2.02. The maximum absolute atomic E-state index is 12.4. The number of pyridine rings is 1. The minimum absolute atomic E-state index is 0.0348. The summed E-state index contributed by atoms with van der Waals surface area (Å²) in [5, 5.41) is 2.59. The van der Waals surface area contributed by atoms with Gasteiger partial charge in [0.2, 0.25) is 0 Å². The van der Waals surface area contributed by atoms with Gasteiger partial charge < -0.3 is 5.32 Å². The summed E-state index contributed by atoms with van der Waals surface area (Å²) in [6.45, 7) is 0. The van der Waals surface area contributed by atoms with Crippen LogP contribution in [0.3, 0.4) is 0 Å². The highest BCUT2D eigenvalue weighted by Gasteiger charge is 2.31. The van der Waals surface area contributed by atoms with Crippen molar-refractivity contribution in [1.82, 2.24) is 10.3 Å². The first-order valence-corrected chi connectivity index (χ1v) is 6.80. The Morgan fingerprint density at radius 3 is 2.55 bits per heavy atom. The van der Waals surface area contributed by atoms with E-state index in [2.05, 4.69) is 10.3 Å². The zero-order valence-electron chi connectivity index (χ0n) is 10.6. The van der Waals surface area contributed by atoms with Crippen molar-refractivity contribution in [3.8, 4) is 0 Å². The number of halogens is 4. The van der Waals surface area contributed by atoms with Crippen molar-refractivity contribution in [2.24, 2.45) is 0 Å². The van der Waals surface area contributed by atoms with Crippen LogP contribution in [0.1, 0.15) is 41.7 Å². The zero-order valence-corrected chi connectivity index (χ0v) is 11.3. The van der Waals surface area contributed by atoms with Crippen molar-refractivity contribution in [2.45, 2.75) is 43.3 Å². The summed E-state index contributed by atoms with van der Waals surface area (Å²) in [4.78, 5) is 15.5. The van der Waals surface area contributed by atoms with Gasteiger partial charge in [0.1, 0.15) is 5.69 Å². The van der Waals surface area contributed by atoms with E-state index < -0.39 is 17.6 Å². The average molecular weight is 307 g/mol. The topological polar surface area (TPSA) is 42.0 Å². The van der Waals surface area contributed by atoms with Crippen LogP contribution in [0.5, 0.6) is 0 Å². The van der Waals surface area contributed by atoms with Crippen molar-refractivity contribution in [3.63, 3.8) is 0 Å². The first kappa shape index (κ1) is 15.1. The predicted octanol–water partition coefficient (Wildman–Crippen LogP) is 3.38. The van der Waals surface area contributed by atoms with Crippen LogP contribution in [-0.2, 0) is 6.18 Å². The molecular formula is C13H14ClF3N2O. The number of carbonyl (C=O) groups is 1. The molecule has 0 saturated heterocycles. The molecule has 110 valence electrons. The number of hydrogen-bond donors (Lipinski definition) is 1. The van der Waals surface area contributed by atoms with Crippen LogP contribution < -0.4 is 5.32 Å². The van der Waals surface area contributed by atoms with Crippen molar-refractivity contribution in [2.75, 3.05) is 0 Å². The van der Waals surface area contributed by atoms with Crippen LogP contribution in [0.25, 0.3) is 0 Å². The molecule has 1 aromatic rings. The molecule has 1 aromatic heterocycles. The maximum atomic E-state index is 12.4. The molecule has 1 aliphatic rings. The van der Waals surface area contributed by atoms with Crippen molar-refractivity contribution >= 4 is 17.5 Å². The summed E-state index contributed by atoms with van der Waals surface area (Å²) in [6.07, 6.45) is -0.179. The molecule has 1 heterocycles. The van der Waals surface area contributed by atoms with Gasteiger partial charge in [0, 0.05) is 12.2 Å². The third-order valence-corrected chi connectivity index (χ3v) is 3.84. The fourth-order valence-electron chi connectivity index (χ4n) is 2.19. The van der Waals surface area contributed by atoms with Crippen molar-refractivity contribution in [3.05, 3.63) is 29.6 Å².